The van der Waals surface area contributed by atoms with E-state index in [0.717, 1.165) is 6.42 Å². The van der Waals surface area contributed by atoms with Crippen LogP contribution < -0.4 is 24.8 Å². The molecule has 4 heteroatoms. The SMILES string of the molecule is Cc1cc(C)n(C2=Cc3ccccc3[CH]2[Ti+2][C]2=CC=CC2)c1.[Cl-].[Cl-]. The Morgan fingerprint density at radius 2 is 1.92 bits per heavy atom. The molecule has 1 unspecified atom stereocenters. The summed E-state index contributed by atoms with van der Waals surface area (Å²) in [5.41, 5.74) is 7.08. The molecule has 0 radical (unpaired) electrons. The second-order valence-electron chi connectivity index (χ2n) is 6.13. The van der Waals surface area contributed by atoms with E-state index in [2.05, 4.69) is 79.2 Å². The van der Waals surface area contributed by atoms with Gasteiger partial charge in [0.15, 0.2) is 0 Å². The molecular formula is C20H19Cl2NTi. The summed E-state index contributed by atoms with van der Waals surface area (Å²) < 4.78 is 4.66. The minimum Gasteiger partial charge on any atom is -1.00 e. The summed E-state index contributed by atoms with van der Waals surface area (Å²) in [5.74, 6) is 0. The molecule has 0 saturated carbocycles. The normalized spacial score (nSPS) is 17.3. The molecule has 1 heterocycles. The van der Waals surface area contributed by atoms with Gasteiger partial charge >= 0.3 is 141 Å². The average Bonchev–Trinajstić information content (AvgIpc) is 3.20. The van der Waals surface area contributed by atoms with Crippen LogP contribution in [0.3, 0.4) is 0 Å². The van der Waals surface area contributed by atoms with Crippen molar-refractivity contribution in [1.82, 2.24) is 4.57 Å². The van der Waals surface area contributed by atoms with Crippen molar-refractivity contribution in [3.8, 4) is 0 Å². The summed E-state index contributed by atoms with van der Waals surface area (Å²) in [7, 11) is 0. The maximum atomic E-state index is 2.41. The summed E-state index contributed by atoms with van der Waals surface area (Å²) >= 11 is -0.188. The number of allylic oxidation sites excluding steroid dienone is 5. The topological polar surface area (TPSA) is 4.93 Å². The fourth-order valence-electron chi connectivity index (χ4n) is 3.43. The third-order valence-electron chi connectivity index (χ3n) is 4.43. The molecule has 2 aromatic rings. The predicted molar refractivity (Wildman–Crippen MR) is 89.1 cm³/mol. The molecule has 122 valence electrons. The molecule has 2 aliphatic carbocycles. The second kappa shape index (κ2) is 7.93. The maximum Gasteiger partial charge on any atom is -1.00 e. The Kier molecular flexibility index (Phi) is 6.39. The van der Waals surface area contributed by atoms with Crippen LogP contribution in [0.1, 0.15) is 33.0 Å². The zero-order valence-electron chi connectivity index (χ0n) is 13.8. The van der Waals surface area contributed by atoms with Crippen molar-refractivity contribution in [2.24, 2.45) is 0 Å². The Morgan fingerprint density at radius 1 is 1.12 bits per heavy atom. The third-order valence-corrected chi connectivity index (χ3v) is 6.99. The first-order chi connectivity index (χ1) is 10.7. The second-order valence-corrected chi connectivity index (χ2v) is 8.48. The maximum absolute atomic E-state index is 2.41. The summed E-state index contributed by atoms with van der Waals surface area (Å²) in [5, 5.41) is 0. The Hall–Kier alpha value is -0.986. The van der Waals surface area contributed by atoms with Crippen molar-refractivity contribution in [1.29, 1.82) is 0 Å². The van der Waals surface area contributed by atoms with Crippen LogP contribution in [0.2, 0.25) is 0 Å². The standard InChI is InChI=1S/C15H14N.C5H5.2ClH.Ti/c1-11-7-12(2)16(10-11)15-8-13-5-3-4-6-14(13)9-15;1-2-4-5-3-1;;;/h3-10H,1-2H3;1-3H,4H2;2*1H;/q;;;;+2/p-2. The van der Waals surface area contributed by atoms with E-state index < -0.39 is 0 Å². The smallest absolute Gasteiger partial charge is 1.00 e. The Bertz CT molecular complexity index is 830. The summed E-state index contributed by atoms with van der Waals surface area (Å²) in [6.45, 7) is 4.39. The van der Waals surface area contributed by atoms with E-state index in [1.54, 1.807) is 3.88 Å². The molecule has 1 nitrogen and oxygen atoms in total. The number of halogens is 2. The summed E-state index contributed by atoms with van der Waals surface area (Å²) in [4.78, 5) is 0. The van der Waals surface area contributed by atoms with E-state index >= 15 is 0 Å². The summed E-state index contributed by atoms with van der Waals surface area (Å²) in [6, 6.07) is 11.2. The van der Waals surface area contributed by atoms with Gasteiger partial charge in [-0.1, -0.05) is 0 Å². The van der Waals surface area contributed by atoms with E-state index in [4.69, 9.17) is 0 Å². The van der Waals surface area contributed by atoms with E-state index in [9.17, 15) is 0 Å². The average molecular weight is 392 g/mol. The van der Waals surface area contributed by atoms with Crippen molar-refractivity contribution in [3.05, 3.63) is 81.0 Å². The number of fused-ring (bicyclic) bond motifs is 1. The van der Waals surface area contributed by atoms with Crippen LogP contribution in [-0.4, -0.2) is 4.57 Å². The summed E-state index contributed by atoms with van der Waals surface area (Å²) in [6.07, 6.45) is 12.7. The number of nitrogens with zero attached hydrogens (tertiary/aromatic N) is 1. The quantitative estimate of drug-likeness (QED) is 0.597. The Balaban J connectivity index is 0.00000104. The van der Waals surface area contributed by atoms with Crippen LogP contribution in [0.5, 0.6) is 0 Å². The number of aryl methyl sites for hydroxylation is 2. The van der Waals surface area contributed by atoms with Gasteiger partial charge in [0, 0.05) is 0 Å². The van der Waals surface area contributed by atoms with Gasteiger partial charge in [0.1, 0.15) is 0 Å². The van der Waals surface area contributed by atoms with Crippen molar-refractivity contribution in [3.63, 3.8) is 0 Å². The van der Waals surface area contributed by atoms with Gasteiger partial charge in [-0.05, 0) is 0 Å². The number of rotatable bonds is 3. The van der Waals surface area contributed by atoms with Crippen molar-refractivity contribution < 1.29 is 44.0 Å². The first kappa shape index (κ1) is 19.3. The third kappa shape index (κ3) is 3.50. The first-order valence-electron chi connectivity index (χ1n) is 7.81. The van der Waals surface area contributed by atoms with Gasteiger partial charge in [-0.3, -0.25) is 0 Å². The minimum absolute atomic E-state index is 0. The van der Waals surface area contributed by atoms with Crippen LogP contribution in [0.15, 0.2) is 58.6 Å². The van der Waals surface area contributed by atoms with Crippen LogP contribution in [0.25, 0.3) is 11.8 Å². The molecule has 4 rings (SSSR count). The molecule has 0 fully saturated rings. The number of hydrogen-bond acceptors (Lipinski definition) is 0. The zero-order chi connectivity index (χ0) is 15.1. The van der Waals surface area contributed by atoms with Gasteiger partial charge in [0.25, 0.3) is 0 Å². The number of benzene rings is 1. The molecule has 1 aromatic carbocycles. The van der Waals surface area contributed by atoms with E-state index in [1.165, 1.54) is 28.1 Å². The molecule has 0 saturated heterocycles. The van der Waals surface area contributed by atoms with Gasteiger partial charge in [-0.25, -0.2) is 0 Å². The molecule has 0 bridgehead atoms. The Morgan fingerprint density at radius 3 is 2.58 bits per heavy atom. The molecule has 1 atom stereocenters. The van der Waals surface area contributed by atoms with Gasteiger partial charge in [-0.15, -0.1) is 0 Å². The van der Waals surface area contributed by atoms with Crippen LogP contribution >= 0.6 is 0 Å². The number of aromatic nitrogens is 1. The van der Waals surface area contributed by atoms with Gasteiger partial charge < -0.3 is 24.8 Å². The van der Waals surface area contributed by atoms with Crippen LogP contribution in [0.4, 0.5) is 0 Å². The molecular weight excluding hydrogens is 373 g/mol. The molecule has 0 spiro atoms. The minimum atomic E-state index is -0.188. The molecule has 2 aliphatic rings. The Labute approximate surface area is 165 Å². The largest absolute Gasteiger partial charge is 1.00 e. The fraction of sp³-hybridized carbons (Fsp3) is 0.200. The van der Waals surface area contributed by atoms with Crippen molar-refractivity contribution in [2.75, 3.05) is 0 Å². The van der Waals surface area contributed by atoms with E-state index in [0.29, 0.717) is 4.22 Å². The van der Waals surface area contributed by atoms with Crippen molar-refractivity contribution in [2.45, 2.75) is 24.5 Å². The zero-order valence-corrected chi connectivity index (χ0v) is 16.8. The first-order valence-corrected chi connectivity index (χ1v) is 9.49. The fourth-order valence-corrected chi connectivity index (χ4v) is 5.91. The monoisotopic (exact) mass is 391 g/mol. The van der Waals surface area contributed by atoms with Gasteiger partial charge in [0.2, 0.25) is 0 Å². The number of hydrogen-bond donors (Lipinski definition) is 0. The van der Waals surface area contributed by atoms with Gasteiger partial charge in [0.05, 0.1) is 0 Å². The van der Waals surface area contributed by atoms with E-state index in [-0.39, 0.29) is 44.0 Å². The molecule has 0 N–H and O–H groups in total. The molecule has 0 amide bonds. The molecule has 1 aromatic heterocycles. The van der Waals surface area contributed by atoms with Crippen LogP contribution in [0, 0.1) is 13.8 Å². The molecule has 0 aliphatic heterocycles. The van der Waals surface area contributed by atoms with Crippen LogP contribution in [-0.2, 0) is 19.2 Å². The van der Waals surface area contributed by atoms with E-state index in [1.807, 2.05) is 0 Å². The van der Waals surface area contributed by atoms with Gasteiger partial charge in [-0.2, -0.15) is 0 Å². The molecule has 24 heavy (non-hydrogen) atoms. The van der Waals surface area contributed by atoms with Crippen molar-refractivity contribution >= 4 is 11.8 Å². The predicted octanol–water partition coefficient (Wildman–Crippen LogP) is -0.908.